The number of rotatable bonds is 3. The molecule has 3 nitrogen and oxygen atoms in total. The zero-order valence-electron chi connectivity index (χ0n) is 14.1. The second-order valence-corrected chi connectivity index (χ2v) is 7.64. The molecule has 0 aromatic heterocycles. The van der Waals surface area contributed by atoms with Gasteiger partial charge in [0.15, 0.2) is 0 Å². The van der Waals surface area contributed by atoms with Crippen LogP contribution in [0, 0.1) is 0 Å². The van der Waals surface area contributed by atoms with Crippen molar-refractivity contribution in [1.82, 2.24) is 0 Å². The summed E-state index contributed by atoms with van der Waals surface area (Å²) in [7, 11) is 2.06. The van der Waals surface area contributed by atoms with Gasteiger partial charge in [0.2, 0.25) is 0 Å². The van der Waals surface area contributed by atoms with E-state index in [1.165, 1.54) is 11.3 Å². The Morgan fingerprint density at radius 3 is 2.36 bits per heavy atom. The van der Waals surface area contributed by atoms with Crippen molar-refractivity contribution in [1.29, 1.82) is 0 Å². The Morgan fingerprint density at radius 2 is 1.72 bits per heavy atom. The lowest BCUT2D eigenvalue weighted by molar-refractivity contribution is 0.641. The predicted molar refractivity (Wildman–Crippen MR) is 110 cm³/mol. The Balaban J connectivity index is 1.82. The number of hydrazone groups is 1. The van der Waals surface area contributed by atoms with Gasteiger partial charge in [-0.25, -0.2) is 0 Å². The summed E-state index contributed by atoms with van der Waals surface area (Å²) in [4.78, 5) is 2.18. The minimum Gasteiger partial charge on any atom is -0.347 e. The van der Waals surface area contributed by atoms with E-state index in [1.54, 1.807) is 18.3 Å². The molecule has 1 heterocycles. The van der Waals surface area contributed by atoms with Gasteiger partial charge in [-0.2, -0.15) is 5.10 Å². The summed E-state index contributed by atoms with van der Waals surface area (Å²) in [6.07, 6.45) is 3.70. The molecule has 0 spiro atoms. The Morgan fingerprint density at radius 1 is 1.08 bits per heavy atom. The maximum absolute atomic E-state index is 6.14. The van der Waals surface area contributed by atoms with Crippen LogP contribution in [0.3, 0.4) is 0 Å². The molecular weight excluding hydrogens is 377 g/mol. The second kappa shape index (κ2) is 6.91. The maximum atomic E-state index is 6.14. The third-order valence-electron chi connectivity index (χ3n) is 4.43. The minimum atomic E-state index is -0.0904. The Labute approximate surface area is 162 Å². The molecule has 0 unspecified atom stereocenters. The molecule has 2 aromatic carbocycles. The number of anilines is 2. The highest BCUT2D eigenvalue weighted by Crippen LogP contribution is 2.46. The Hall–Kier alpha value is -1.68. The van der Waals surface area contributed by atoms with Gasteiger partial charge < -0.3 is 4.90 Å². The van der Waals surface area contributed by atoms with Crippen LogP contribution in [0.1, 0.15) is 19.4 Å². The third kappa shape index (κ3) is 3.37. The van der Waals surface area contributed by atoms with Crippen LogP contribution in [0.4, 0.5) is 11.4 Å². The molecule has 1 N–H and O–H groups in total. The maximum Gasteiger partial charge on any atom is 0.0935 e. The molecule has 0 fully saturated rings. The number of hydrogen-bond acceptors (Lipinski definition) is 3. The van der Waals surface area contributed by atoms with E-state index < -0.39 is 0 Å². The van der Waals surface area contributed by atoms with Gasteiger partial charge in [0.25, 0.3) is 0 Å². The first-order valence-electron chi connectivity index (χ1n) is 7.80. The lowest BCUT2D eigenvalue weighted by atomic mass is 9.84. The van der Waals surface area contributed by atoms with Crippen LogP contribution in [0.15, 0.2) is 53.3 Å². The van der Waals surface area contributed by atoms with Crippen molar-refractivity contribution < 1.29 is 0 Å². The first kappa shape index (κ1) is 18.1. The number of benzene rings is 2. The first-order chi connectivity index (χ1) is 11.8. The van der Waals surface area contributed by atoms with Crippen molar-refractivity contribution in [3.8, 4) is 0 Å². The summed E-state index contributed by atoms with van der Waals surface area (Å²) < 4.78 is 0. The minimum absolute atomic E-state index is 0.0904. The Bertz CT molecular complexity index is 849. The third-order valence-corrected chi connectivity index (χ3v) is 5.25. The van der Waals surface area contributed by atoms with Crippen molar-refractivity contribution in [2.75, 3.05) is 17.4 Å². The van der Waals surface area contributed by atoms with Gasteiger partial charge in [0, 0.05) is 35.1 Å². The molecule has 1 aliphatic rings. The molecule has 1 aliphatic heterocycles. The van der Waals surface area contributed by atoms with Crippen molar-refractivity contribution in [2.45, 2.75) is 19.3 Å². The number of allylic oxidation sites excluding steroid dienone is 2. The largest absolute Gasteiger partial charge is 0.347 e. The van der Waals surface area contributed by atoms with Gasteiger partial charge in [0.05, 0.1) is 15.7 Å². The van der Waals surface area contributed by atoms with Gasteiger partial charge in [-0.15, -0.1) is 0 Å². The number of hydrogen-bond donors (Lipinski definition) is 1. The normalized spacial score (nSPS) is 17.4. The fraction of sp³-hybridized carbons (Fsp3) is 0.211. The van der Waals surface area contributed by atoms with E-state index >= 15 is 0 Å². The topological polar surface area (TPSA) is 27.6 Å². The number of likely N-dealkylation sites (N-methyl/N-ethyl adjacent to an activating group) is 1. The molecule has 25 heavy (non-hydrogen) atoms. The summed E-state index contributed by atoms with van der Waals surface area (Å²) in [5.74, 6) is 0. The molecule has 0 saturated heterocycles. The summed E-state index contributed by atoms with van der Waals surface area (Å²) in [5.41, 5.74) is 6.99. The predicted octanol–water partition coefficient (Wildman–Crippen LogP) is 6.36. The van der Waals surface area contributed by atoms with Crippen molar-refractivity contribution >= 4 is 52.4 Å². The fourth-order valence-electron chi connectivity index (χ4n) is 3.16. The SMILES string of the molecule is CN1C(=CC=NNc2c(Cl)cc(Cl)cc2Cl)C(C)(C)c2ccccc21. The molecule has 0 amide bonds. The zero-order valence-corrected chi connectivity index (χ0v) is 16.4. The van der Waals surface area contributed by atoms with Gasteiger partial charge in [0.1, 0.15) is 0 Å². The molecule has 0 atom stereocenters. The van der Waals surface area contributed by atoms with E-state index in [0.717, 1.165) is 5.70 Å². The van der Waals surface area contributed by atoms with E-state index in [9.17, 15) is 0 Å². The highest BCUT2D eigenvalue weighted by Gasteiger charge is 2.37. The molecule has 2 aromatic rings. The highest BCUT2D eigenvalue weighted by molar-refractivity contribution is 6.41. The fourth-order valence-corrected chi connectivity index (χ4v) is 4.06. The van der Waals surface area contributed by atoms with Crippen LogP contribution in [-0.4, -0.2) is 13.3 Å². The second-order valence-electron chi connectivity index (χ2n) is 6.39. The molecule has 3 rings (SSSR count). The molecule has 130 valence electrons. The van der Waals surface area contributed by atoms with Crippen LogP contribution >= 0.6 is 34.8 Å². The van der Waals surface area contributed by atoms with Crippen LogP contribution in [0.25, 0.3) is 0 Å². The van der Waals surface area contributed by atoms with E-state index in [0.29, 0.717) is 20.8 Å². The van der Waals surface area contributed by atoms with Crippen LogP contribution < -0.4 is 10.3 Å². The van der Waals surface area contributed by atoms with E-state index in [-0.39, 0.29) is 5.41 Å². The average molecular weight is 395 g/mol. The molecule has 0 bridgehead atoms. The highest BCUT2D eigenvalue weighted by atomic mass is 35.5. The van der Waals surface area contributed by atoms with E-state index in [2.05, 4.69) is 60.6 Å². The van der Waals surface area contributed by atoms with Crippen LogP contribution in [0.2, 0.25) is 15.1 Å². The van der Waals surface area contributed by atoms with Crippen molar-refractivity contribution in [3.05, 3.63) is 68.8 Å². The number of nitrogens with zero attached hydrogens (tertiary/aromatic N) is 2. The lowest BCUT2D eigenvalue weighted by Crippen LogP contribution is -2.23. The Kier molecular flexibility index (Phi) is 5.01. The zero-order chi connectivity index (χ0) is 18.2. The number of halogens is 3. The monoisotopic (exact) mass is 393 g/mol. The number of para-hydroxylation sites is 1. The van der Waals surface area contributed by atoms with Crippen molar-refractivity contribution in [3.63, 3.8) is 0 Å². The summed E-state index contributed by atoms with van der Waals surface area (Å²) >= 11 is 18.2. The van der Waals surface area contributed by atoms with Crippen LogP contribution in [0.5, 0.6) is 0 Å². The van der Waals surface area contributed by atoms with E-state index in [4.69, 9.17) is 34.8 Å². The van der Waals surface area contributed by atoms with Gasteiger partial charge in [-0.1, -0.05) is 66.8 Å². The summed E-state index contributed by atoms with van der Waals surface area (Å²) in [5, 5.41) is 5.56. The van der Waals surface area contributed by atoms with Gasteiger partial charge in [-0.3, -0.25) is 5.43 Å². The lowest BCUT2D eigenvalue weighted by Gasteiger charge is -2.23. The molecule has 0 aliphatic carbocycles. The smallest absolute Gasteiger partial charge is 0.0935 e. The van der Waals surface area contributed by atoms with Crippen LogP contribution in [-0.2, 0) is 5.41 Å². The number of fused-ring (bicyclic) bond motifs is 1. The summed E-state index contributed by atoms with van der Waals surface area (Å²) in [6, 6.07) is 11.6. The first-order valence-corrected chi connectivity index (χ1v) is 8.93. The van der Waals surface area contributed by atoms with Gasteiger partial charge >= 0.3 is 0 Å². The number of nitrogens with one attached hydrogen (secondary N) is 1. The molecular formula is C19H18Cl3N3. The van der Waals surface area contributed by atoms with Gasteiger partial charge in [-0.05, 0) is 29.8 Å². The molecule has 6 heteroatoms. The standard InChI is InChI=1S/C19H18Cl3N3/c1-19(2)13-6-4-5-7-16(13)25(3)17(19)8-9-23-24-18-14(21)10-12(20)11-15(18)22/h4-11,24H,1-3H3. The molecule has 0 radical (unpaired) electrons. The van der Waals surface area contributed by atoms with E-state index in [1.807, 2.05) is 6.08 Å². The van der Waals surface area contributed by atoms with Crippen molar-refractivity contribution in [2.24, 2.45) is 5.10 Å². The quantitative estimate of drug-likeness (QED) is 0.485. The average Bonchev–Trinajstić information content (AvgIpc) is 2.74. The molecule has 0 saturated carbocycles. The summed E-state index contributed by atoms with van der Waals surface area (Å²) in [6.45, 7) is 4.41.